The van der Waals surface area contributed by atoms with E-state index in [1.54, 1.807) is 14.2 Å². The maximum Gasteiger partial charge on any atom is 0.175 e. The zero-order valence-corrected chi connectivity index (χ0v) is 16.2. The average molecular weight is 394 g/mol. The molecule has 1 aromatic carbocycles. The summed E-state index contributed by atoms with van der Waals surface area (Å²) in [7, 11) is 3.33. The smallest absolute Gasteiger partial charge is 0.175 e. The van der Waals surface area contributed by atoms with Crippen molar-refractivity contribution >= 4 is 15.9 Å². The molecular weight excluding hydrogens is 370 g/mol. The van der Waals surface area contributed by atoms with E-state index < -0.39 is 0 Å². The molecule has 1 saturated heterocycles. The van der Waals surface area contributed by atoms with E-state index in [1.165, 1.54) is 29.7 Å². The molecule has 3 rings (SSSR count). The Morgan fingerprint density at radius 3 is 2.71 bits per heavy atom. The van der Waals surface area contributed by atoms with Gasteiger partial charge in [0.2, 0.25) is 0 Å². The summed E-state index contributed by atoms with van der Waals surface area (Å²) in [6, 6.07) is 4.50. The Morgan fingerprint density at radius 1 is 1.29 bits per heavy atom. The predicted molar refractivity (Wildman–Crippen MR) is 97.7 cm³/mol. The minimum Gasteiger partial charge on any atom is -0.493 e. The molecule has 1 atom stereocenters. The van der Waals surface area contributed by atoms with E-state index in [1.807, 2.05) is 6.07 Å². The summed E-state index contributed by atoms with van der Waals surface area (Å²) in [5, 5.41) is 7.49. The molecule has 0 saturated carbocycles. The van der Waals surface area contributed by atoms with Crippen LogP contribution in [0.15, 0.2) is 16.6 Å². The van der Waals surface area contributed by atoms with E-state index in [4.69, 9.17) is 9.47 Å². The number of nitrogens with one attached hydrogen (secondary N) is 1. The molecule has 1 aliphatic heterocycles. The second kappa shape index (κ2) is 7.15. The largest absolute Gasteiger partial charge is 0.493 e. The molecule has 1 N–H and O–H groups in total. The fraction of sp³-hybridized carbons (Fsp3) is 0.500. The third kappa shape index (κ3) is 3.05. The maximum atomic E-state index is 5.50. The molecule has 0 amide bonds. The molecular formula is C18H24BrN3O2. The second-order valence-electron chi connectivity index (χ2n) is 6.25. The van der Waals surface area contributed by atoms with Gasteiger partial charge in [0.25, 0.3) is 0 Å². The minimum atomic E-state index is 0.420. The van der Waals surface area contributed by atoms with E-state index in [0.717, 1.165) is 34.8 Å². The van der Waals surface area contributed by atoms with Crippen LogP contribution in [-0.2, 0) is 6.54 Å². The highest BCUT2D eigenvalue weighted by Crippen LogP contribution is 2.41. The fourth-order valence-electron chi connectivity index (χ4n) is 3.66. The van der Waals surface area contributed by atoms with Gasteiger partial charge < -0.3 is 9.47 Å². The van der Waals surface area contributed by atoms with E-state index in [2.05, 4.69) is 50.9 Å². The van der Waals surface area contributed by atoms with Crippen molar-refractivity contribution in [1.82, 2.24) is 15.1 Å². The lowest BCUT2D eigenvalue weighted by Crippen LogP contribution is -2.23. The van der Waals surface area contributed by atoms with E-state index in [0.29, 0.717) is 6.04 Å². The Balaban J connectivity index is 1.88. The van der Waals surface area contributed by atoms with Crippen molar-refractivity contribution in [3.8, 4) is 11.5 Å². The molecule has 2 aromatic rings. The summed E-state index contributed by atoms with van der Waals surface area (Å²) < 4.78 is 11.8. The van der Waals surface area contributed by atoms with Gasteiger partial charge in [0.1, 0.15) is 0 Å². The standard InChI is InChI=1S/C18H24BrN3O2/c1-11-16(12(2)21-20-11)14-6-5-9-22(14)10-13-7-8-15(23-3)18(24-4)17(13)19/h7-8,14H,5-6,9-10H2,1-4H3,(H,20,21). The number of nitrogens with zero attached hydrogens (tertiary/aromatic N) is 2. The molecule has 24 heavy (non-hydrogen) atoms. The number of hydrogen-bond donors (Lipinski definition) is 1. The highest BCUT2D eigenvalue weighted by molar-refractivity contribution is 9.10. The summed E-state index contributed by atoms with van der Waals surface area (Å²) in [5.74, 6) is 1.49. The monoisotopic (exact) mass is 393 g/mol. The second-order valence-corrected chi connectivity index (χ2v) is 7.04. The molecule has 0 bridgehead atoms. The number of benzene rings is 1. The van der Waals surface area contributed by atoms with Crippen LogP contribution in [0.3, 0.4) is 0 Å². The van der Waals surface area contributed by atoms with E-state index >= 15 is 0 Å². The molecule has 1 aromatic heterocycles. The van der Waals surface area contributed by atoms with Crippen LogP contribution in [0.1, 0.15) is 41.4 Å². The van der Waals surface area contributed by atoms with Crippen molar-refractivity contribution in [3.05, 3.63) is 39.1 Å². The summed E-state index contributed by atoms with van der Waals surface area (Å²) in [5.41, 5.74) is 4.84. The van der Waals surface area contributed by atoms with Crippen molar-refractivity contribution < 1.29 is 9.47 Å². The quantitative estimate of drug-likeness (QED) is 0.828. The van der Waals surface area contributed by atoms with Crippen LogP contribution in [0.5, 0.6) is 11.5 Å². The van der Waals surface area contributed by atoms with Crippen molar-refractivity contribution in [1.29, 1.82) is 0 Å². The van der Waals surface area contributed by atoms with Gasteiger partial charge in [0.05, 0.1) is 24.4 Å². The molecule has 2 heterocycles. The van der Waals surface area contributed by atoms with E-state index in [9.17, 15) is 0 Å². The number of hydrogen-bond acceptors (Lipinski definition) is 4. The van der Waals surface area contributed by atoms with Crippen molar-refractivity contribution in [3.63, 3.8) is 0 Å². The fourth-order valence-corrected chi connectivity index (χ4v) is 4.28. The van der Waals surface area contributed by atoms with E-state index in [-0.39, 0.29) is 0 Å². The molecule has 1 fully saturated rings. The van der Waals surface area contributed by atoms with Crippen LogP contribution in [0, 0.1) is 13.8 Å². The van der Waals surface area contributed by atoms with Gasteiger partial charge in [-0.15, -0.1) is 0 Å². The molecule has 0 radical (unpaired) electrons. The highest BCUT2D eigenvalue weighted by Gasteiger charge is 2.30. The predicted octanol–water partition coefficient (Wildman–Crippen LogP) is 4.14. The van der Waals surface area contributed by atoms with Crippen molar-refractivity contribution in [2.24, 2.45) is 0 Å². The highest BCUT2D eigenvalue weighted by atomic mass is 79.9. The molecule has 0 spiro atoms. The lowest BCUT2D eigenvalue weighted by Gasteiger charge is -2.26. The summed E-state index contributed by atoms with van der Waals surface area (Å²) in [6.07, 6.45) is 2.38. The van der Waals surface area contributed by atoms with Gasteiger partial charge >= 0.3 is 0 Å². The first-order valence-corrected chi connectivity index (χ1v) is 9.01. The van der Waals surface area contributed by atoms with Crippen LogP contribution < -0.4 is 9.47 Å². The Morgan fingerprint density at radius 2 is 2.08 bits per heavy atom. The van der Waals surface area contributed by atoms with Gasteiger partial charge in [-0.2, -0.15) is 5.10 Å². The van der Waals surface area contributed by atoms with Gasteiger partial charge in [0, 0.05) is 23.8 Å². The molecule has 0 aliphatic carbocycles. The molecule has 130 valence electrons. The molecule has 5 nitrogen and oxygen atoms in total. The zero-order valence-electron chi connectivity index (χ0n) is 14.6. The average Bonchev–Trinajstić information content (AvgIpc) is 3.15. The van der Waals surface area contributed by atoms with Gasteiger partial charge in [-0.1, -0.05) is 6.07 Å². The Bertz CT molecular complexity index is 710. The van der Waals surface area contributed by atoms with Crippen LogP contribution in [0.2, 0.25) is 0 Å². The lowest BCUT2D eigenvalue weighted by atomic mass is 10.0. The van der Waals surface area contributed by atoms with Crippen molar-refractivity contribution in [2.75, 3.05) is 20.8 Å². The van der Waals surface area contributed by atoms with Gasteiger partial charge in [-0.25, -0.2) is 0 Å². The summed E-state index contributed by atoms with van der Waals surface area (Å²) in [4.78, 5) is 2.52. The SMILES string of the molecule is COc1ccc(CN2CCCC2c2c(C)n[nH]c2C)c(Br)c1OC. The maximum absolute atomic E-state index is 5.50. The minimum absolute atomic E-state index is 0.420. The van der Waals surface area contributed by atoms with Crippen LogP contribution in [-0.4, -0.2) is 35.9 Å². The number of likely N-dealkylation sites (tertiary alicyclic amines) is 1. The van der Waals surface area contributed by atoms with Gasteiger partial charge in [-0.3, -0.25) is 10.00 Å². The molecule has 6 heteroatoms. The Kier molecular flexibility index (Phi) is 5.15. The summed E-state index contributed by atoms with van der Waals surface area (Å²) in [6.45, 7) is 6.16. The normalized spacial score (nSPS) is 18.1. The number of aromatic nitrogens is 2. The number of rotatable bonds is 5. The van der Waals surface area contributed by atoms with Crippen LogP contribution in [0.25, 0.3) is 0 Å². The zero-order chi connectivity index (χ0) is 17.3. The first-order chi connectivity index (χ1) is 11.6. The Hall–Kier alpha value is -1.53. The third-order valence-electron chi connectivity index (χ3n) is 4.82. The Labute approximate surface area is 151 Å². The molecule has 1 aliphatic rings. The van der Waals surface area contributed by atoms with Crippen LogP contribution in [0.4, 0.5) is 0 Å². The number of H-pyrrole nitrogens is 1. The third-order valence-corrected chi connectivity index (χ3v) is 5.69. The van der Waals surface area contributed by atoms with Crippen LogP contribution >= 0.6 is 15.9 Å². The first kappa shape index (κ1) is 17.3. The number of methoxy groups -OCH3 is 2. The van der Waals surface area contributed by atoms with Crippen molar-refractivity contribution in [2.45, 2.75) is 39.3 Å². The number of aromatic amines is 1. The summed E-state index contributed by atoms with van der Waals surface area (Å²) >= 11 is 3.69. The topological polar surface area (TPSA) is 50.4 Å². The van der Waals surface area contributed by atoms with Gasteiger partial charge in [-0.05, 0) is 60.8 Å². The van der Waals surface area contributed by atoms with Gasteiger partial charge in [0.15, 0.2) is 11.5 Å². The number of ether oxygens (including phenoxy) is 2. The number of halogens is 1. The lowest BCUT2D eigenvalue weighted by molar-refractivity contribution is 0.246. The number of aryl methyl sites for hydroxylation is 2. The molecule has 1 unspecified atom stereocenters. The first-order valence-electron chi connectivity index (χ1n) is 8.21.